The molecule has 0 unspecified atom stereocenters. The van der Waals surface area contributed by atoms with Crippen LogP contribution < -0.4 is 0 Å². The van der Waals surface area contributed by atoms with E-state index in [0.717, 1.165) is 12.8 Å². The lowest BCUT2D eigenvalue weighted by atomic mass is 9.93. The van der Waals surface area contributed by atoms with Crippen molar-refractivity contribution in [2.45, 2.75) is 52.9 Å². The van der Waals surface area contributed by atoms with Gasteiger partial charge in [0, 0.05) is 0 Å². The molecule has 0 aliphatic heterocycles. The van der Waals surface area contributed by atoms with Gasteiger partial charge in [0.05, 0.1) is 0 Å². The summed E-state index contributed by atoms with van der Waals surface area (Å²) in [4.78, 5) is 0. The van der Waals surface area contributed by atoms with E-state index in [9.17, 15) is 0 Å². The van der Waals surface area contributed by atoms with Crippen molar-refractivity contribution in [2.75, 3.05) is 0 Å². The van der Waals surface area contributed by atoms with E-state index in [4.69, 9.17) is 0 Å². The number of hydrogen-bond acceptors (Lipinski definition) is 0. The highest BCUT2D eigenvalue weighted by Crippen LogP contribution is 2.26. The minimum absolute atomic E-state index is 0.959. The van der Waals surface area contributed by atoms with Crippen LogP contribution in [0.3, 0.4) is 0 Å². The van der Waals surface area contributed by atoms with Gasteiger partial charge in [0.2, 0.25) is 0 Å². The maximum Gasteiger partial charge on any atom is -0.0227 e. The van der Waals surface area contributed by atoms with Gasteiger partial charge in [0.1, 0.15) is 0 Å². The molecule has 0 aromatic heterocycles. The molecule has 0 aliphatic carbocycles. The Balaban J connectivity index is 2.00. The van der Waals surface area contributed by atoms with Crippen molar-refractivity contribution in [1.29, 1.82) is 0 Å². The molecule has 0 aliphatic rings. The van der Waals surface area contributed by atoms with Crippen LogP contribution in [0.4, 0.5) is 0 Å². The molecule has 0 atom stereocenters. The monoisotopic (exact) mass is 318 g/mol. The Hall–Kier alpha value is -2.08. The van der Waals surface area contributed by atoms with Gasteiger partial charge < -0.3 is 0 Å². The van der Waals surface area contributed by atoms with E-state index in [1.807, 2.05) is 0 Å². The number of benzene rings is 2. The first kappa shape index (κ1) is 18.3. The zero-order valence-corrected chi connectivity index (χ0v) is 15.5. The Labute approximate surface area is 147 Å². The largest absolute Gasteiger partial charge is 0.0952 e. The number of rotatable bonds is 8. The molecule has 0 fully saturated rings. The summed E-state index contributed by atoms with van der Waals surface area (Å²) < 4.78 is 0. The molecule has 0 nitrogen and oxygen atoms in total. The highest BCUT2D eigenvalue weighted by Gasteiger charge is 2.06. The number of hydrogen-bond donors (Lipinski definition) is 0. The molecule has 0 N–H and O–H groups in total. The molecular formula is C24H30. The lowest BCUT2D eigenvalue weighted by Gasteiger charge is -2.12. The zero-order chi connectivity index (χ0) is 17.5. The first-order chi connectivity index (χ1) is 11.5. The fraction of sp³-hybridized carbons (Fsp3) is 0.333. The summed E-state index contributed by atoms with van der Waals surface area (Å²) in [6.07, 6.45) is 5.57. The molecule has 2 rings (SSSR count). The molecule has 0 saturated carbocycles. The van der Waals surface area contributed by atoms with E-state index in [0.29, 0.717) is 0 Å². The topological polar surface area (TPSA) is 0 Å². The molecule has 24 heavy (non-hydrogen) atoms. The lowest BCUT2D eigenvalue weighted by molar-refractivity contribution is 0.791. The molecule has 0 heteroatoms. The van der Waals surface area contributed by atoms with Crippen LogP contribution in [0.15, 0.2) is 55.6 Å². The number of allylic oxidation sites excluding steroid dienone is 2. The first-order valence-corrected chi connectivity index (χ1v) is 9.03. The third kappa shape index (κ3) is 4.96. The van der Waals surface area contributed by atoms with E-state index < -0.39 is 0 Å². The van der Waals surface area contributed by atoms with Crippen molar-refractivity contribution >= 4 is 11.1 Å². The van der Waals surface area contributed by atoms with Gasteiger partial charge >= 0.3 is 0 Å². The standard InChI is InChI=1S/C24H30/c1-6-7-10-23-17-24(15-14-21(23)5)20(4)13-12-19(3)22-11-8-9-18(2)16-22/h8-9,11,14-17H,3-4,6-7,10,12-13H2,1-2,5H3. The van der Waals surface area contributed by atoms with Crippen LogP contribution in [0.25, 0.3) is 11.1 Å². The second kappa shape index (κ2) is 8.68. The summed E-state index contributed by atoms with van der Waals surface area (Å²) in [7, 11) is 0. The average Bonchev–Trinajstić information content (AvgIpc) is 2.58. The van der Waals surface area contributed by atoms with Crippen LogP contribution in [0.1, 0.15) is 60.4 Å². The van der Waals surface area contributed by atoms with E-state index >= 15 is 0 Å². The minimum Gasteiger partial charge on any atom is -0.0952 e. The Bertz CT molecular complexity index is 719. The molecule has 0 radical (unpaired) electrons. The second-order valence-electron chi connectivity index (χ2n) is 6.82. The van der Waals surface area contributed by atoms with Crippen molar-refractivity contribution in [3.05, 3.63) is 83.4 Å². The maximum absolute atomic E-state index is 4.32. The Morgan fingerprint density at radius 2 is 1.54 bits per heavy atom. The van der Waals surface area contributed by atoms with Crippen molar-refractivity contribution in [3.8, 4) is 0 Å². The smallest absolute Gasteiger partial charge is 0.0227 e. The molecular weight excluding hydrogens is 288 g/mol. The fourth-order valence-electron chi connectivity index (χ4n) is 2.98. The quantitative estimate of drug-likeness (QED) is 0.484. The van der Waals surface area contributed by atoms with Crippen molar-refractivity contribution in [2.24, 2.45) is 0 Å². The van der Waals surface area contributed by atoms with Gasteiger partial charge in [-0.15, -0.1) is 0 Å². The number of aryl methyl sites for hydroxylation is 3. The maximum atomic E-state index is 4.32. The van der Waals surface area contributed by atoms with Gasteiger partial charge in [-0.3, -0.25) is 0 Å². The van der Waals surface area contributed by atoms with Gasteiger partial charge in [0.15, 0.2) is 0 Å². The van der Waals surface area contributed by atoms with Crippen LogP contribution in [0.5, 0.6) is 0 Å². The molecule has 0 spiro atoms. The van der Waals surface area contributed by atoms with Gasteiger partial charge in [-0.25, -0.2) is 0 Å². The van der Waals surface area contributed by atoms with Crippen molar-refractivity contribution in [1.82, 2.24) is 0 Å². The number of unbranched alkanes of at least 4 members (excludes halogenated alkanes) is 1. The molecule has 2 aromatic carbocycles. The summed E-state index contributed by atoms with van der Waals surface area (Å²) >= 11 is 0. The Morgan fingerprint density at radius 3 is 2.17 bits per heavy atom. The lowest BCUT2D eigenvalue weighted by Crippen LogP contribution is -1.93. The predicted molar refractivity (Wildman–Crippen MR) is 108 cm³/mol. The zero-order valence-electron chi connectivity index (χ0n) is 15.5. The van der Waals surface area contributed by atoms with Gasteiger partial charge in [0.25, 0.3) is 0 Å². The summed E-state index contributed by atoms with van der Waals surface area (Å²) in [5.74, 6) is 0. The Kier molecular flexibility index (Phi) is 6.61. The fourth-order valence-corrected chi connectivity index (χ4v) is 2.98. The van der Waals surface area contributed by atoms with E-state index in [2.05, 4.69) is 76.4 Å². The average molecular weight is 319 g/mol. The first-order valence-electron chi connectivity index (χ1n) is 9.03. The van der Waals surface area contributed by atoms with E-state index in [-0.39, 0.29) is 0 Å². The highest BCUT2D eigenvalue weighted by atomic mass is 14.1. The van der Waals surface area contributed by atoms with Gasteiger partial charge in [-0.1, -0.05) is 74.5 Å². The SMILES string of the molecule is C=C(CCC(=C)c1ccc(C)c(CCCC)c1)c1cccc(C)c1. The highest BCUT2D eigenvalue weighted by molar-refractivity contribution is 5.69. The molecule has 0 amide bonds. The van der Waals surface area contributed by atoms with Crippen molar-refractivity contribution in [3.63, 3.8) is 0 Å². The third-order valence-electron chi connectivity index (χ3n) is 4.71. The molecule has 126 valence electrons. The van der Waals surface area contributed by atoms with Crippen LogP contribution >= 0.6 is 0 Å². The summed E-state index contributed by atoms with van der Waals surface area (Å²) in [5, 5.41) is 0. The summed E-state index contributed by atoms with van der Waals surface area (Å²) in [6, 6.07) is 15.4. The predicted octanol–water partition coefficient (Wildman–Crippen LogP) is 7.15. The molecule has 0 bridgehead atoms. The van der Waals surface area contributed by atoms with Crippen LogP contribution in [-0.4, -0.2) is 0 Å². The second-order valence-corrected chi connectivity index (χ2v) is 6.82. The van der Waals surface area contributed by atoms with E-state index in [1.165, 1.54) is 58.2 Å². The summed E-state index contributed by atoms with van der Waals surface area (Å²) in [6.45, 7) is 15.2. The minimum atomic E-state index is 0.959. The van der Waals surface area contributed by atoms with Gasteiger partial charge in [-0.2, -0.15) is 0 Å². The summed E-state index contributed by atoms with van der Waals surface area (Å²) in [5.41, 5.74) is 9.07. The third-order valence-corrected chi connectivity index (χ3v) is 4.71. The van der Waals surface area contributed by atoms with Crippen molar-refractivity contribution < 1.29 is 0 Å². The van der Waals surface area contributed by atoms with Gasteiger partial charge in [-0.05, 0) is 72.9 Å². The molecule has 2 aromatic rings. The Morgan fingerprint density at radius 1 is 0.875 bits per heavy atom. The van der Waals surface area contributed by atoms with Crippen LogP contribution in [-0.2, 0) is 6.42 Å². The van der Waals surface area contributed by atoms with Crippen LogP contribution in [0, 0.1) is 13.8 Å². The van der Waals surface area contributed by atoms with E-state index in [1.54, 1.807) is 0 Å². The molecule has 0 heterocycles. The van der Waals surface area contributed by atoms with Crippen LogP contribution in [0.2, 0.25) is 0 Å². The normalized spacial score (nSPS) is 10.6. The molecule has 0 saturated heterocycles.